The molecule has 1 aliphatic heterocycles. The molecule has 242 valence electrons. The van der Waals surface area contributed by atoms with Crippen LogP contribution in [0.4, 0.5) is 9.18 Å². The van der Waals surface area contributed by atoms with Crippen molar-refractivity contribution in [3.63, 3.8) is 0 Å². The van der Waals surface area contributed by atoms with Crippen LogP contribution in [0, 0.1) is 11.7 Å². The number of aliphatic hydroxyl groups excluding tert-OH is 1. The van der Waals surface area contributed by atoms with Gasteiger partial charge in [-0.3, -0.25) is 5.32 Å². The average Bonchev–Trinajstić information content (AvgIpc) is 3.11. The number of rotatable bonds is 15. The Balaban J connectivity index is 1.18. The Labute approximate surface area is 272 Å². The van der Waals surface area contributed by atoms with Crippen LogP contribution in [0.25, 0.3) is 0 Å². The molecule has 3 N–H and O–H groups in total. The highest BCUT2D eigenvalue weighted by Gasteiger charge is 2.34. The number of carbonyl (C=O) groups is 1. The highest BCUT2D eigenvalue weighted by Crippen LogP contribution is 2.37. The van der Waals surface area contributed by atoms with Gasteiger partial charge in [0.1, 0.15) is 18.7 Å². The molecule has 0 bridgehead atoms. The third-order valence-electron chi connectivity index (χ3n) is 9.20. The van der Waals surface area contributed by atoms with Crippen molar-refractivity contribution in [2.45, 2.75) is 50.4 Å². The topological polar surface area (TPSA) is 73.8 Å². The summed E-state index contributed by atoms with van der Waals surface area (Å²) in [6, 6.07) is 37.6. The molecule has 4 aromatic carbocycles. The largest absolute Gasteiger partial charge is 0.445 e. The second kappa shape index (κ2) is 17.0. The van der Waals surface area contributed by atoms with Crippen molar-refractivity contribution >= 4 is 6.09 Å². The lowest BCUT2D eigenvalue weighted by molar-refractivity contribution is 0.108. The van der Waals surface area contributed by atoms with E-state index < -0.39 is 12.3 Å². The van der Waals surface area contributed by atoms with E-state index >= 15 is 0 Å². The Morgan fingerprint density at radius 3 is 2.09 bits per heavy atom. The Morgan fingerprint density at radius 1 is 0.870 bits per heavy atom. The molecule has 4 aromatic rings. The van der Waals surface area contributed by atoms with Gasteiger partial charge in [0.05, 0.1) is 6.54 Å². The smallest absolute Gasteiger partial charge is 0.407 e. The fraction of sp³-hybridized carbons (Fsp3) is 0.359. The molecule has 1 atom stereocenters. The van der Waals surface area contributed by atoms with Crippen molar-refractivity contribution in [2.75, 3.05) is 32.7 Å². The Bertz CT molecular complexity index is 1420. The predicted molar refractivity (Wildman–Crippen MR) is 181 cm³/mol. The highest BCUT2D eigenvalue weighted by atomic mass is 19.1. The van der Waals surface area contributed by atoms with Gasteiger partial charge in [0, 0.05) is 12.0 Å². The lowest BCUT2D eigenvalue weighted by atomic mass is 9.71. The molecule has 0 aromatic heterocycles. The molecule has 1 aliphatic rings. The van der Waals surface area contributed by atoms with Gasteiger partial charge in [-0.2, -0.15) is 0 Å². The number of hydrogen-bond acceptors (Lipinski definition) is 5. The van der Waals surface area contributed by atoms with Crippen LogP contribution in [0.15, 0.2) is 115 Å². The van der Waals surface area contributed by atoms with Gasteiger partial charge in [-0.05, 0) is 86.0 Å². The fourth-order valence-corrected chi connectivity index (χ4v) is 6.57. The third-order valence-corrected chi connectivity index (χ3v) is 9.20. The number of amides is 1. The van der Waals surface area contributed by atoms with E-state index in [1.807, 2.05) is 54.6 Å². The molecular weight excluding hydrogens is 577 g/mol. The number of ether oxygens (including phenoxy) is 1. The zero-order chi connectivity index (χ0) is 32.0. The third kappa shape index (κ3) is 9.49. The average molecular weight is 624 g/mol. The van der Waals surface area contributed by atoms with Gasteiger partial charge >= 0.3 is 6.09 Å². The van der Waals surface area contributed by atoms with Crippen molar-refractivity contribution in [3.8, 4) is 0 Å². The van der Waals surface area contributed by atoms with Crippen molar-refractivity contribution in [2.24, 2.45) is 5.92 Å². The van der Waals surface area contributed by atoms with E-state index in [1.165, 1.54) is 11.1 Å². The van der Waals surface area contributed by atoms with Crippen molar-refractivity contribution in [1.29, 1.82) is 0 Å². The quantitative estimate of drug-likeness (QED) is 0.129. The SMILES string of the molecule is O=C(NCC(O)NCC(CCCN1CCC(Cc2ccccc2F)CC1)(c1ccccc1)c1ccccc1)OCc1ccccc1. The van der Waals surface area contributed by atoms with E-state index in [0.29, 0.717) is 12.5 Å². The number of likely N-dealkylation sites (tertiary alicyclic amines) is 1. The van der Waals surface area contributed by atoms with Crippen LogP contribution in [-0.2, 0) is 23.2 Å². The molecule has 0 radical (unpaired) electrons. The maximum Gasteiger partial charge on any atom is 0.407 e. The van der Waals surface area contributed by atoms with Crippen LogP contribution in [-0.4, -0.2) is 55.1 Å². The van der Waals surface area contributed by atoms with E-state index in [-0.39, 0.29) is 24.4 Å². The molecule has 1 heterocycles. The van der Waals surface area contributed by atoms with Crippen LogP contribution >= 0.6 is 0 Å². The Kier molecular flexibility index (Phi) is 12.3. The number of hydrogen-bond donors (Lipinski definition) is 3. The molecule has 0 spiro atoms. The van der Waals surface area contributed by atoms with Gasteiger partial charge in [-0.15, -0.1) is 0 Å². The highest BCUT2D eigenvalue weighted by molar-refractivity contribution is 5.67. The molecule has 5 rings (SSSR count). The number of piperidine rings is 1. The maximum atomic E-state index is 14.2. The van der Waals surface area contributed by atoms with E-state index in [2.05, 4.69) is 64.1 Å². The standard InChI is InChI=1S/C39H46FN3O3/c40-36-20-11-10-15-33(36)27-31-21-25-43(26-22-31)24-12-23-39(34-16-6-2-7-17-34,35-18-8-3-9-19-35)30-42-37(44)28-41-38(45)46-29-32-13-4-1-5-14-32/h1-11,13-20,31,37,42,44H,12,21-30H2,(H,41,45). The first kappa shape index (κ1) is 33.3. The van der Waals surface area contributed by atoms with Crippen molar-refractivity contribution < 1.29 is 19.0 Å². The van der Waals surface area contributed by atoms with Crippen LogP contribution in [0.3, 0.4) is 0 Å². The van der Waals surface area contributed by atoms with Crippen molar-refractivity contribution in [3.05, 3.63) is 143 Å². The van der Waals surface area contributed by atoms with E-state index in [4.69, 9.17) is 4.74 Å². The van der Waals surface area contributed by atoms with Crippen LogP contribution < -0.4 is 10.6 Å². The number of halogens is 1. The minimum atomic E-state index is -0.954. The van der Waals surface area contributed by atoms with E-state index in [0.717, 1.165) is 62.9 Å². The molecule has 7 heteroatoms. The number of aliphatic hydroxyl groups is 1. The number of nitrogens with one attached hydrogen (secondary N) is 2. The summed E-state index contributed by atoms with van der Waals surface area (Å²) in [7, 11) is 0. The number of alkyl carbamates (subject to hydrolysis) is 1. The van der Waals surface area contributed by atoms with Gasteiger partial charge in [0.15, 0.2) is 0 Å². The first-order valence-corrected chi connectivity index (χ1v) is 16.4. The molecular formula is C39H46FN3O3. The van der Waals surface area contributed by atoms with Gasteiger partial charge in [-0.1, -0.05) is 109 Å². The summed E-state index contributed by atoms with van der Waals surface area (Å²) in [4.78, 5) is 14.8. The predicted octanol–water partition coefficient (Wildman–Crippen LogP) is 6.68. The fourth-order valence-electron chi connectivity index (χ4n) is 6.57. The summed E-state index contributed by atoms with van der Waals surface area (Å²) in [5, 5.41) is 16.9. The summed E-state index contributed by atoms with van der Waals surface area (Å²) < 4.78 is 19.5. The van der Waals surface area contributed by atoms with E-state index in [1.54, 1.807) is 12.1 Å². The minimum Gasteiger partial charge on any atom is -0.445 e. The van der Waals surface area contributed by atoms with Crippen LogP contribution in [0.5, 0.6) is 0 Å². The molecule has 6 nitrogen and oxygen atoms in total. The lowest BCUT2D eigenvalue weighted by Crippen LogP contribution is -2.48. The number of carbonyl (C=O) groups excluding carboxylic acids is 1. The molecule has 1 saturated heterocycles. The Morgan fingerprint density at radius 2 is 1.46 bits per heavy atom. The molecule has 0 saturated carbocycles. The maximum absolute atomic E-state index is 14.2. The summed E-state index contributed by atoms with van der Waals surface area (Å²) in [5.41, 5.74) is 3.70. The molecule has 0 aliphatic carbocycles. The molecule has 46 heavy (non-hydrogen) atoms. The minimum absolute atomic E-state index is 0.0229. The van der Waals surface area contributed by atoms with E-state index in [9.17, 15) is 14.3 Å². The monoisotopic (exact) mass is 623 g/mol. The lowest BCUT2D eigenvalue weighted by Gasteiger charge is -2.38. The molecule has 1 amide bonds. The number of benzene rings is 4. The van der Waals surface area contributed by atoms with Gasteiger partial charge in [0.25, 0.3) is 0 Å². The Hall–Kier alpha value is -4.04. The zero-order valence-corrected chi connectivity index (χ0v) is 26.5. The first-order valence-electron chi connectivity index (χ1n) is 16.4. The number of nitrogens with zero attached hydrogens (tertiary/aromatic N) is 1. The second-order valence-electron chi connectivity index (χ2n) is 12.3. The summed E-state index contributed by atoms with van der Waals surface area (Å²) in [6.45, 7) is 3.70. The van der Waals surface area contributed by atoms with Crippen LogP contribution in [0.2, 0.25) is 0 Å². The van der Waals surface area contributed by atoms with Crippen molar-refractivity contribution in [1.82, 2.24) is 15.5 Å². The summed E-state index contributed by atoms with van der Waals surface area (Å²) in [5.74, 6) is 0.413. The van der Waals surface area contributed by atoms with Crippen LogP contribution in [0.1, 0.15) is 47.9 Å². The van der Waals surface area contributed by atoms with Gasteiger partial charge in [-0.25, -0.2) is 9.18 Å². The first-order chi connectivity index (χ1) is 22.5. The second-order valence-corrected chi connectivity index (χ2v) is 12.3. The summed E-state index contributed by atoms with van der Waals surface area (Å²) in [6.07, 6.45) is 3.28. The molecule has 1 fully saturated rings. The molecule has 1 unspecified atom stereocenters. The van der Waals surface area contributed by atoms with Gasteiger partial charge in [0.2, 0.25) is 0 Å². The summed E-state index contributed by atoms with van der Waals surface area (Å²) >= 11 is 0. The van der Waals surface area contributed by atoms with Gasteiger partial charge < -0.3 is 20.1 Å². The zero-order valence-electron chi connectivity index (χ0n) is 26.5. The normalized spacial score (nSPS) is 14.9.